The summed E-state index contributed by atoms with van der Waals surface area (Å²) in [7, 11) is 0. The predicted molar refractivity (Wildman–Crippen MR) is 114 cm³/mol. The lowest BCUT2D eigenvalue weighted by atomic mass is 9.92. The van der Waals surface area contributed by atoms with Crippen LogP contribution in [-0.4, -0.2) is 51.5 Å². The second kappa shape index (κ2) is 8.45. The minimum absolute atomic E-state index is 0.00700. The van der Waals surface area contributed by atoms with Crippen LogP contribution < -0.4 is 15.0 Å². The Morgan fingerprint density at radius 1 is 1.06 bits per heavy atom. The fourth-order valence-corrected chi connectivity index (χ4v) is 4.98. The van der Waals surface area contributed by atoms with Crippen LogP contribution in [0.3, 0.4) is 0 Å². The van der Waals surface area contributed by atoms with Crippen molar-refractivity contribution in [2.75, 3.05) is 29.9 Å². The van der Waals surface area contributed by atoms with Gasteiger partial charge in [0, 0.05) is 36.7 Å². The molecule has 0 spiro atoms. The summed E-state index contributed by atoms with van der Waals surface area (Å²) in [6.45, 7) is 1.43. The van der Waals surface area contributed by atoms with E-state index in [2.05, 4.69) is 20.4 Å². The van der Waals surface area contributed by atoms with Crippen LogP contribution in [0.5, 0.6) is 5.75 Å². The van der Waals surface area contributed by atoms with Gasteiger partial charge in [-0.15, -0.1) is 5.10 Å². The number of rotatable bonds is 5. The standard InChI is InChI=1S/C22H22F6N6O/c1-12-2-5-16(35-11-21(23,24)25)19-31-20(32-34(12)19)30-18-13-3-4-14(18)10-33(9-13)15-6-7-29-17(8-15)22(26,27)28/h2,5-8,13-14,18H,3-4,9-11H2,1H3,(H,30,32)/t13-,14?,18?/m0/s1. The molecule has 2 bridgehead atoms. The lowest BCUT2D eigenvalue weighted by Crippen LogP contribution is -2.48. The zero-order valence-corrected chi connectivity index (χ0v) is 18.6. The smallest absolute Gasteiger partial charge is 0.433 e. The Hall–Kier alpha value is -3.25. The fraction of sp³-hybridized carbons (Fsp3) is 0.500. The Morgan fingerprint density at radius 2 is 1.77 bits per heavy atom. The average molecular weight is 500 g/mol. The van der Waals surface area contributed by atoms with E-state index in [9.17, 15) is 26.3 Å². The lowest BCUT2D eigenvalue weighted by molar-refractivity contribution is -0.153. The van der Waals surface area contributed by atoms with E-state index in [1.165, 1.54) is 16.8 Å². The van der Waals surface area contributed by atoms with Crippen LogP contribution in [0.15, 0.2) is 30.5 Å². The second-order valence-electron chi connectivity index (χ2n) is 8.98. The molecule has 1 saturated heterocycles. The van der Waals surface area contributed by atoms with Gasteiger partial charge in [-0.1, -0.05) is 0 Å². The van der Waals surface area contributed by atoms with Gasteiger partial charge in [0.25, 0.3) is 0 Å². The maximum absolute atomic E-state index is 13.1. The number of piperidine rings is 1. The van der Waals surface area contributed by atoms with Crippen molar-refractivity contribution in [2.45, 2.75) is 38.2 Å². The molecule has 3 aromatic rings. The lowest BCUT2D eigenvalue weighted by Gasteiger charge is -2.39. The summed E-state index contributed by atoms with van der Waals surface area (Å²) < 4.78 is 83.5. The maximum atomic E-state index is 13.1. The SMILES string of the molecule is Cc1ccc(OCC(F)(F)F)c2nc(NC3C4CC[C@H]3CN(c3ccnc(C(F)(F)F)c3)C4)nn12. The van der Waals surface area contributed by atoms with Crippen molar-refractivity contribution in [1.82, 2.24) is 19.6 Å². The third kappa shape index (κ3) is 4.80. The van der Waals surface area contributed by atoms with Crippen molar-refractivity contribution >= 4 is 17.3 Å². The van der Waals surface area contributed by atoms with Gasteiger partial charge in [0.1, 0.15) is 5.69 Å². The molecule has 3 aromatic heterocycles. The number of anilines is 2. The normalized spacial score (nSPS) is 22.6. The Bertz CT molecular complexity index is 1210. The minimum atomic E-state index is -4.51. The Morgan fingerprint density at radius 3 is 2.43 bits per heavy atom. The molecule has 13 heteroatoms. The van der Waals surface area contributed by atoms with Crippen molar-refractivity contribution in [3.05, 3.63) is 41.9 Å². The van der Waals surface area contributed by atoms with E-state index in [4.69, 9.17) is 4.74 Å². The molecular weight excluding hydrogens is 478 g/mol. The molecule has 35 heavy (non-hydrogen) atoms. The minimum Gasteiger partial charge on any atom is -0.480 e. The molecule has 5 rings (SSSR count). The molecule has 188 valence electrons. The number of nitrogens with zero attached hydrogens (tertiary/aromatic N) is 5. The number of nitrogens with one attached hydrogen (secondary N) is 1. The van der Waals surface area contributed by atoms with Crippen molar-refractivity contribution < 1.29 is 31.1 Å². The highest BCUT2D eigenvalue weighted by molar-refractivity contribution is 5.57. The topological polar surface area (TPSA) is 67.6 Å². The van der Waals surface area contributed by atoms with Gasteiger partial charge in [0.2, 0.25) is 5.95 Å². The number of pyridine rings is 2. The summed E-state index contributed by atoms with van der Waals surface area (Å²) in [6, 6.07) is 5.68. The van der Waals surface area contributed by atoms with E-state index in [1.807, 2.05) is 4.90 Å². The van der Waals surface area contributed by atoms with E-state index >= 15 is 0 Å². The van der Waals surface area contributed by atoms with Crippen LogP contribution in [0.25, 0.3) is 5.65 Å². The van der Waals surface area contributed by atoms with Crippen molar-refractivity contribution in [2.24, 2.45) is 11.8 Å². The van der Waals surface area contributed by atoms with Gasteiger partial charge < -0.3 is 15.0 Å². The second-order valence-corrected chi connectivity index (χ2v) is 8.98. The fourth-order valence-electron chi connectivity index (χ4n) is 4.98. The summed E-state index contributed by atoms with van der Waals surface area (Å²) in [5.41, 5.74) is 0.417. The van der Waals surface area contributed by atoms with Crippen LogP contribution in [0.2, 0.25) is 0 Å². The van der Waals surface area contributed by atoms with Crippen LogP contribution in [0.4, 0.5) is 38.0 Å². The third-order valence-corrected chi connectivity index (χ3v) is 6.56. The molecule has 2 fully saturated rings. The maximum Gasteiger partial charge on any atom is 0.433 e. The number of aromatic nitrogens is 4. The molecule has 1 N–H and O–H groups in total. The molecule has 2 unspecified atom stereocenters. The summed E-state index contributed by atoms with van der Waals surface area (Å²) >= 11 is 0. The highest BCUT2D eigenvalue weighted by Crippen LogP contribution is 2.41. The molecule has 7 nitrogen and oxygen atoms in total. The number of alkyl halides is 6. The molecular formula is C22H22F6N6O. The first-order valence-corrected chi connectivity index (χ1v) is 11.1. The van der Waals surface area contributed by atoms with E-state index in [-0.39, 0.29) is 35.2 Å². The van der Waals surface area contributed by atoms with Gasteiger partial charge in [0.05, 0.1) is 0 Å². The van der Waals surface area contributed by atoms with Crippen LogP contribution in [-0.2, 0) is 6.18 Å². The summed E-state index contributed by atoms with van der Waals surface area (Å²) in [5, 5.41) is 7.74. The first kappa shape index (κ1) is 23.5. The molecule has 3 atom stereocenters. The van der Waals surface area contributed by atoms with E-state index in [1.54, 1.807) is 19.1 Å². The van der Waals surface area contributed by atoms with Crippen molar-refractivity contribution in [3.63, 3.8) is 0 Å². The van der Waals surface area contributed by atoms with Gasteiger partial charge in [-0.3, -0.25) is 4.98 Å². The molecule has 0 radical (unpaired) electrons. The summed E-state index contributed by atoms with van der Waals surface area (Å²) in [6.07, 6.45) is -6.03. The van der Waals surface area contributed by atoms with Gasteiger partial charge in [-0.2, -0.15) is 31.3 Å². The molecule has 2 aliphatic rings. The number of halogens is 6. The first-order valence-electron chi connectivity index (χ1n) is 11.1. The zero-order chi connectivity index (χ0) is 25.0. The average Bonchev–Trinajstić information content (AvgIpc) is 3.30. The van der Waals surface area contributed by atoms with E-state index in [0.717, 1.165) is 18.9 Å². The zero-order valence-electron chi connectivity index (χ0n) is 18.6. The number of ether oxygens (including phenoxy) is 1. The molecule has 1 aliphatic heterocycles. The number of fused-ring (bicyclic) bond motifs is 3. The van der Waals surface area contributed by atoms with E-state index < -0.39 is 24.7 Å². The summed E-state index contributed by atoms with van der Waals surface area (Å²) in [5.74, 6) is 0.536. The monoisotopic (exact) mass is 500 g/mol. The highest BCUT2D eigenvalue weighted by Gasteiger charge is 2.43. The number of aryl methyl sites for hydroxylation is 1. The van der Waals surface area contributed by atoms with Gasteiger partial charge in [-0.25, -0.2) is 4.52 Å². The molecule has 0 aromatic carbocycles. The molecule has 0 amide bonds. The van der Waals surface area contributed by atoms with Crippen molar-refractivity contribution in [3.8, 4) is 5.75 Å². The number of hydrogen-bond acceptors (Lipinski definition) is 6. The van der Waals surface area contributed by atoms with Gasteiger partial charge >= 0.3 is 12.4 Å². The van der Waals surface area contributed by atoms with Crippen molar-refractivity contribution in [1.29, 1.82) is 0 Å². The van der Waals surface area contributed by atoms with Crippen LogP contribution in [0.1, 0.15) is 24.2 Å². The largest absolute Gasteiger partial charge is 0.480 e. The number of hydrogen-bond donors (Lipinski definition) is 1. The van der Waals surface area contributed by atoms with Gasteiger partial charge in [-0.05, 0) is 55.9 Å². The Balaban J connectivity index is 1.33. The van der Waals surface area contributed by atoms with Crippen LogP contribution >= 0.6 is 0 Å². The quantitative estimate of drug-likeness (QED) is 0.512. The highest BCUT2D eigenvalue weighted by atomic mass is 19.4. The Labute approximate surface area is 196 Å². The summed E-state index contributed by atoms with van der Waals surface area (Å²) in [4.78, 5) is 9.76. The Kier molecular flexibility index (Phi) is 5.67. The molecule has 4 heterocycles. The molecule has 1 saturated carbocycles. The predicted octanol–water partition coefficient (Wildman–Crippen LogP) is 4.72. The van der Waals surface area contributed by atoms with Crippen LogP contribution in [0, 0.1) is 18.8 Å². The van der Waals surface area contributed by atoms with Gasteiger partial charge in [0.15, 0.2) is 18.0 Å². The third-order valence-electron chi connectivity index (χ3n) is 6.56. The van der Waals surface area contributed by atoms with E-state index in [0.29, 0.717) is 24.5 Å². The first-order chi connectivity index (χ1) is 16.5. The molecule has 1 aliphatic carbocycles.